The second kappa shape index (κ2) is 33.3. The summed E-state index contributed by atoms with van der Waals surface area (Å²) in [5.41, 5.74) is 18.5. The van der Waals surface area contributed by atoms with Crippen LogP contribution in [0.2, 0.25) is 0 Å². The Kier molecular flexibility index (Phi) is 27.5. The normalized spacial score (nSPS) is 14.5. The standard InChI is InChI=1S/C54H81N13O14/c1-7-30(6)45(53(80)81)67-52(79)40(22-29(4)5)65-48(75)37(13-10-20-58-54(56)57)62-49(76)39(21-28(2)3)61-43(70)26-60-47(74)38(18-19-44(71)72)63-50(77)41(23-31-14-16-33(69)17-15-31)66-51(78)42(64-46(73)35(55)27-68)24-32-25-59-36-12-9-8-11-34(32)36/h8-9,11-12,14-17,25,28-30,35,37-42,45,59,68-69H,7,10,13,18-24,26-27,55H2,1-6H3,(H,60,74)(H,61,70)(H,62,76)(H,63,77)(H,64,73)(H,65,75)(H,66,78)(H,67,79)(H,71,72)(H,80,81)(H4,56,57,58)/t30-,35-,37-,38-,39-,40-,41-,42-,45-/m0/s1. The smallest absolute Gasteiger partial charge is 0.326 e. The molecule has 81 heavy (non-hydrogen) atoms. The number of para-hydroxylation sites is 1. The summed E-state index contributed by atoms with van der Waals surface area (Å²) >= 11 is 0. The van der Waals surface area contributed by atoms with Crippen molar-refractivity contribution in [1.29, 1.82) is 0 Å². The van der Waals surface area contributed by atoms with Crippen LogP contribution >= 0.6 is 0 Å². The minimum atomic E-state index is -1.63. The van der Waals surface area contributed by atoms with Gasteiger partial charge in [-0.1, -0.05) is 78.3 Å². The number of carbonyl (C=O) groups excluding carboxylic acids is 8. The number of guanidine groups is 1. The summed E-state index contributed by atoms with van der Waals surface area (Å²) in [5, 5.41) is 60.1. The number of aromatic amines is 1. The van der Waals surface area contributed by atoms with E-state index in [1.165, 1.54) is 24.3 Å². The summed E-state index contributed by atoms with van der Waals surface area (Å²) in [6, 6.07) is 1.69. The number of hydrogen-bond donors (Lipinski definition) is 16. The molecule has 0 saturated heterocycles. The van der Waals surface area contributed by atoms with Gasteiger partial charge in [-0.25, -0.2) is 4.79 Å². The van der Waals surface area contributed by atoms with E-state index < -0.39 is 139 Å². The molecule has 0 aliphatic heterocycles. The van der Waals surface area contributed by atoms with Crippen LogP contribution in [-0.4, -0.2) is 159 Å². The van der Waals surface area contributed by atoms with Gasteiger partial charge in [-0.3, -0.25) is 48.1 Å². The maximum Gasteiger partial charge on any atom is 0.326 e. The number of hydrogen-bond acceptors (Lipinski definition) is 14. The third-order valence-electron chi connectivity index (χ3n) is 13.0. The molecule has 27 heteroatoms. The quantitative estimate of drug-likeness (QED) is 0.0184. The Hall–Kier alpha value is -8.33. The molecule has 446 valence electrons. The maximum atomic E-state index is 14.3. The number of phenolic OH excluding ortho intramolecular Hbond substituents is 1. The SMILES string of the molecule is CC[C@H](C)[C@H](NC(=O)[C@H](CC(C)C)NC(=O)[C@H](CCCN=C(N)N)NC(=O)[C@H](CC(C)C)NC(=O)CNC(=O)[C@H](CCC(=O)O)NC(=O)[C@H](Cc1ccc(O)cc1)NC(=O)[C@H](Cc1c[nH]c2ccccc12)NC(=O)[C@@H](N)CO)C(=O)O. The van der Waals surface area contributed by atoms with Gasteiger partial charge in [-0.05, 0) is 79.2 Å². The van der Waals surface area contributed by atoms with Crippen LogP contribution < -0.4 is 59.7 Å². The fourth-order valence-corrected chi connectivity index (χ4v) is 8.45. The number of carboxylic acid groups (broad SMARTS) is 2. The van der Waals surface area contributed by atoms with E-state index in [2.05, 4.69) is 52.5 Å². The Morgan fingerprint density at radius 3 is 1.72 bits per heavy atom. The van der Waals surface area contributed by atoms with Gasteiger partial charge in [0.1, 0.15) is 54.1 Å². The number of nitrogens with zero attached hydrogens (tertiary/aromatic N) is 1. The molecule has 0 fully saturated rings. The number of carboxylic acids is 2. The fourth-order valence-electron chi connectivity index (χ4n) is 8.45. The summed E-state index contributed by atoms with van der Waals surface area (Å²) in [6.07, 6.45) is 0.770. The molecule has 2 aromatic carbocycles. The number of aliphatic carboxylic acids is 2. The molecule has 0 spiro atoms. The van der Waals surface area contributed by atoms with Gasteiger partial charge in [0.25, 0.3) is 0 Å². The molecule has 3 aromatic rings. The molecule has 0 radical (unpaired) electrons. The lowest BCUT2D eigenvalue weighted by molar-refractivity contribution is -0.144. The van der Waals surface area contributed by atoms with Crippen LogP contribution in [0.25, 0.3) is 10.9 Å². The highest BCUT2D eigenvalue weighted by atomic mass is 16.4. The second-order valence-corrected chi connectivity index (χ2v) is 20.7. The minimum Gasteiger partial charge on any atom is -0.508 e. The third kappa shape index (κ3) is 23.1. The molecule has 0 aliphatic carbocycles. The summed E-state index contributed by atoms with van der Waals surface area (Å²) in [5.74, 6) is -10.8. The first-order valence-corrected chi connectivity index (χ1v) is 26.8. The Bertz CT molecular complexity index is 2660. The second-order valence-electron chi connectivity index (χ2n) is 20.7. The number of nitrogens with two attached hydrogens (primary N) is 3. The first-order valence-electron chi connectivity index (χ1n) is 26.8. The van der Waals surface area contributed by atoms with Gasteiger partial charge in [-0.2, -0.15) is 0 Å². The summed E-state index contributed by atoms with van der Waals surface area (Å²) in [7, 11) is 0. The van der Waals surface area contributed by atoms with E-state index in [9.17, 15) is 68.4 Å². The number of nitrogens with one attached hydrogen (secondary N) is 9. The van der Waals surface area contributed by atoms with E-state index in [-0.39, 0.29) is 68.6 Å². The van der Waals surface area contributed by atoms with Gasteiger partial charge >= 0.3 is 11.9 Å². The average molecular weight is 1140 g/mol. The minimum absolute atomic E-state index is 0.0183. The largest absolute Gasteiger partial charge is 0.508 e. The molecule has 0 saturated carbocycles. The van der Waals surface area contributed by atoms with E-state index in [1.807, 2.05) is 0 Å². The van der Waals surface area contributed by atoms with Crippen molar-refractivity contribution in [1.82, 2.24) is 47.5 Å². The number of aromatic nitrogens is 1. The number of carbonyl (C=O) groups is 10. The van der Waals surface area contributed by atoms with Crippen molar-refractivity contribution in [3.05, 3.63) is 65.9 Å². The predicted octanol–water partition coefficient (Wildman–Crippen LogP) is -1.37. The number of aliphatic imine (C=N–C) groups is 1. The van der Waals surface area contributed by atoms with Crippen LogP contribution in [-0.2, 0) is 60.8 Å². The summed E-state index contributed by atoms with van der Waals surface area (Å²) in [6.45, 7) is 9.03. The van der Waals surface area contributed by atoms with E-state index in [0.29, 0.717) is 17.5 Å². The monoisotopic (exact) mass is 1140 g/mol. The molecular formula is C54H81N13O14. The molecule has 0 unspecified atom stereocenters. The Labute approximate surface area is 469 Å². The number of phenols is 1. The molecule has 8 amide bonds. The number of rotatable bonds is 35. The zero-order chi connectivity index (χ0) is 60.5. The zero-order valence-electron chi connectivity index (χ0n) is 46.6. The van der Waals surface area contributed by atoms with E-state index in [1.54, 1.807) is 72.0 Å². The van der Waals surface area contributed by atoms with Gasteiger partial charge in [0, 0.05) is 42.9 Å². The van der Waals surface area contributed by atoms with Crippen molar-refractivity contribution >= 4 is 76.1 Å². The van der Waals surface area contributed by atoms with Crippen molar-refractivity contribution in [2.24, 2.45) is 39.9 Å². The molecule has 19 N–H and O–H groups in total. The number of amides is 8. The van der Waals surface area contributed by atoms with E-state index >= 15 is 0 Å². The molecule has 1 heterocycles. The summed E-state index contributed by atoms with van der Waals surface area (Å²) in [4.78, 5) is 142. The first-order chi connectivity index (χ1) is 38.2. The lowest BCUT2D eigenvalue weighted by Gasteiger charge is -2.28. The lowest BCUT2D eigenvalue weighted by Crippen LogP contribution is -2.59. The number of H-pyrrole nitrogens is 1. The molecule has 0 bridgehead atoms. The van der Waals surface area contributed by atoms with Crippen molar-refractivity contribution in [2.75, 3.05) is 19.7 Å². The van der Waals surface area contributed by atoms with Crippen molar-refractivity contribution < 1.29 is 68.4 Å². The first kappa shape index (κ1) is 66.9. The van der Waals surface area contributed by atoms with Gasteiger partial charge in [0.05, 0.1) is 13.2 Å². The Balaban J connectivity index is 1.87. The molecule has 27 nitrogen and oxygen atoms in total. The van der Waals surface area contributed by atoms with Gasteiger partial charge in [-0.15, -0.1) is 0 Å². The molecule has 1 aromatic heterocycles. The highest BCUT2D eigenvalue weighted by molar-refractivity contribution is 5.98. The third-order valence-corrected chi connectivity index (χ3v) is 13.0. The van der Waals surface area contributed by atoms with Crippen molar-refractivity contribution in [3.63, 3.8) is 0 Å². The topological polar surface area (TPSA) is 454 Å². The molecule has 0 aliphatic rings. The Morgan fingerprint density at radius 1 is 0.630 bits per heavy atom. The highest BCUT2D eigenvalue weighted by Gasteiger charge is 2.35. The number of fused-ring (bicyclic) bond motifs is 1. The number of benzene rings is 2. The highest BCUT2D eigenvalue weighted by Crippen LogP contribution is 2.20. The zero-order valence-corrected chi connectivity index (χ0v) is 46.6. The number of aliphatic hydroxyl groups is 1. The fraction of sp³-hybridized carbons (Fsp3) is 0.537. The molecule has 9 atom stereocenters. The lowest BCUT2D eigenvalue weighted by atomic mass is 9.97. The number of aliphatic hydroxyl groups excluding tert-OH is 1. The molecule has 3 rings (SSSR count). The predicted molar refractivity (Wildman–Crippen MR) is 298 cm³/mol. The summed E-state index contributed by atoms with van der Waals surface area (Å²) < 4.78 is 0. The Morgan fingerprint density at radius 2 is 1.15 bits per heavy atom. The number of aromatic hydroxyl groups is 1. The van der Waals surface area contributed by atoms with Crippen LogP contribution in [0.15, 0.2) is 59.7 Å². The van der Waals surface area contributed by atoms with Crippen molar-refractivity contribution in [3.8, 4) is 5.75 Å². The van der Waals surface area contributed by atoms with Crippen LogP contribution in [0.1, 0.15) is 97.6 Å². The molecular weight excluding hydrogens is 1050 g/mol. The van der Waals surface area contributed by atoms with Gasteiger partial charge < -0.3 is 85.1 Å². The maximum absolute atomic E-state index is 14.3. The van der Waals surface area contributed by atoms with Crippen LogP contribution in [0.3, 0.4) is 0 Å². The van der Waals surface area contributed by atoms with Crippen LogP contribution in [0.4, 0.5) is 0 Å². The average Bonchev–Trinajstić information content (AvgIpc) is 3.85. The van der Waals surface area contributed by atoms with E-state index in [0.717, 1.165) is 10.9 Å². The van der Waals surface area contributed by atoms with Gasteiger partial charge in [0.15, 0.2) is 5.96 Å². The van der Waals surface area contributed by atoms with E-state index in [4.69, 9.17) is 17.2 Å². The van der Waals surface area contributed by atoms with Gasteiger partial charge in [0.2, 0.25) is 47.3 Å². The van der Waals surface area contributed by atoms with Crippen LogP contribution in [0, 0.1) is 17.8 Å². The van der Waals surface area contributed by atoms with Crippen molar-refractivity contribution in [2.45, 2.75) is 148 Å². The van der Waals surface area contributed by atoms with Crippen LogP contribution in [0.5, 0.6) is 5.75 Å².